The fourth-order valence-corrected chi connectivity index (χ4v) is 1.89. The molecule has 2 unspecified atom stereocenters. The molecule has 2 atom stereocenters. The summed E-state index contributed by atoms with van der Waals surface area (Å²) in [5, 5.41) is 12.4. The van der Waals surface area contributed by atoms with Gasteiger partial charge in [-0.25, -0.2) is 4.39 Å². The van der Waals surface area contributed by atoms with E-state index in [4.69, 9.17) is 0 Å². The molecule has 0 spiro atoms. The van der Waals surface area contributed by atoms with E-state index in [1.165, 1.54) is 0 Å². The van der Waals surface area contributed by atoms with E-state index in [2.05, 4.69) is 5.32 Å². The van der Waals surface area contributed by atoms with E-state index in [0.717, 1.165) is 18.5 Å². The molecule has 0 aromatic heterocycles. The zero-order valence-electron chi connectivity index (χ0n) is 8.32. The summed E-state index contributed by atoms with van der Waals surface area (Å²) in [5.41, 5.74) is 0.831. The van der Waals surface area contributed by atoms with Crippen molar-refractivity contribution in [2.45, 2.75) is 25.1 Å². The van der Waals surface area contributed by atoms with Crippen molar-refractivity contribution in [1.82, 2.24) is 5.32 Å². The van der Waals surface area contributed by atoms with Crippen LogP contribution in [0, 0.1) is 0 Å². The normalized spacial score (nSPS) is 25.7. The smallest absolute Gasteiger partial charge is 0.120 e. The Balaban J connectivity index is 0.00000112. The number of hydrogen-bond acceptors (Lipinski definition) is 2. The molecule has 1 aliphatic heterocycles. The fraction of sp³-hybridized carbons (Fsp3) is 0.455. The predicted molar refractivity (Wildman–Crippen MR) is 60.2 cm³/mol. The van der Waals surface area contributed by atoms with Gasteiger partial charge in [-0.05, 0) is 37.1 Å². The molecular formula is C11H15ClFNO. The van der Waals surface area contributed by atoms with Gasteiger partial charge in [0.05, 0.1) is 6.04 Å². The van der Waals surface area contributed by atoms with Crippen molar-refractivity contribution in [3.8, 4) is 5.75 Å². The standard InChI is InChI=1S/C11H14FNO.ClH/c12-10-5-2-6-13-11(10)8-3-1-4-9(14)7-8;/h1,3-4,7,10-11,13-14H,2,5-6H2;1H. The Morgan fingerprint density at radius 2 is 2.20 bits per heavy atom. The number of phenolic OH excluding ortho intramolecular Hbond substituents is 1. The minimum atomic E-state index is -0.842. The van der Waals surface area contributed by atoms with Crippen molar-refractivity contribution in [3.05, 3.63) is 29.8 Å². The lowest BCUT2D eigenvalue weighted by Gasteiger charge is -2.27. The Labute approximate surface area is 94.9 Å². The van der Waals surface area contributed by atoms with Crippen molar-refractivity contribution in [2.75, 3.05) is 6.54 Å². The van der Waals surface area contributed by atoms with Gasteiger partial charge in [0.1, 0.15) is 11.9 Å². The van der Waals surface area contributed by atoms with Gasteiger partial charge >= 0.3 is 0 Å². The average Bonchev–Trinajstić information content (AvgIpc) is 2.18. The molecule has 0 aliphatic carbocycles. The summed E-state index contributed by atoms with van der Waals surface area (Å²) in [6.07, 6.45) is 0.648. The second kappa shape index (κ2) is 5.33. The van der Waals surface area contributed by atoms with Gasteiger partial charge in [-0.2, -0.15) is 0 Å². The minimum absolute atomic E-state index is 0. The number of benzene rings is 1. The van der Waals surface area contributed by atoms with Crippen molar-refractivity contribution >= 4 is 12.4 Å². The summed E-state index contributed by atoms with van der Waals surface area (Å²) < 4.78 is 13.5. The third-order valence-electron chi connectivity index (χ3n) is 2.61. The third-order valence-corrected chi connectivity index (χ3v) is 2.61. The number of halogens is 2. The van der Waals surface area contributed by atoms with Crippen LogP contribution in [0.5, 0.6) is 5.75 Å². The maximum Gasteiger partial charge on any atom is 0.120 e. The number of hydrogen-bond donors (Lipinski definition) is 2. The van der Waals surface area contributed by atoms with Crippen molar-refractivity contribution < 1.29 is 9.50 Å². The van der Waals surface area contributed by atoms with Crippen LogP contribution in [0.2, 0.25) is 0 Å². The first-order valence-corrected chi connectivity index (χ1v) is 4.94. The molecule has 2 N–H and O–H groups in total. The number of aromatic hydroxyl groups is 1. The van der Waals surface area contributed by atoms with Crippen LogP contribution in [-0.4, -0.2) is 17.8 Å². The van der Waals surface area contributed by atoms with Crippen LogP contribution in [-0.2, 0) is 0 Å². The molecule has 1 saturated heterocycles. The highest BCUT2D eigenvalue weighted by molar-refractivity contribution is 5.85. The molecule has 2 rings (SSSR count). The van der Waals surface area contributed by atoms with E-state index >= 15 is 0 Å². The molecule has 1 fully saturated rings. The van der Waals surface area contributed by atoms with Crippen LogP contribution in [0.15, 0.2) is 24.3 Å². The second-order valence-electron chi connectivity index (χ2n) is 3.69. The van der Waals surface area contributed by atoms with Gasteiger partial charge in [0.15, 0.2) is 0 Å². The Hall–Kier alpha value is -0.800. The highest BCUT2D eigenvalue weighted by Crippen LogP contribution is 2.27. The number of piperidine rings is 1. The molecular weight excluding hydrogens is 217 g/mol. The molecule has 2 nitrogen and oxygen atoms in total. The maximum atomic E-state index is 13.5. The summed E-state index contributed by atoms with van der Waals surface area (Å²) in [5.74, 6) is 0.196. The minimum Gasteiger partial charge on any atom is -0.508 e. The Morgan fingerprint density at radius 1 is 1.40 bits per heavy atom. The van der Waals surface area contributed by atoms with E-state index < -0.39 is 6.17 Å². The van der Waals surface area contributed by atoms with Crippen LogP contribution in [0.1, 0.15) is 24.4 Å². The predicted octanol–water partition coefficient (Wildman–Crippen LogP) is 2.58. The van der Waals surface area contributed by atoms with E-state index in [-0.39, 0.29) is 24.2 Å². The average molecular weight is 232 g/mol. The fourth-order valence-electron chi connectivity index (χ4n) is 1.89. The Morgan fingerprint density at radius 3 is 2.87 bits per heavy atom. The molecule has 0 radical (unpaired) electrons. The number of phenols is 1. The topological polar surface area (TPSA) is 32.3 Å². The van der Waals surface area contributed by atoms with Crippen LogP contribution in [0.4, 0.5) is 4.39 Å². The molecule has 1 heterocycles. The molecule has 1 aromatic carbocycles. The quantitative estimate of drug-likeness (QED) is 0.779. The summed E-state index contributed by atoms with van der Waals surface area (Å²) in [4.78, 5) is 0. The van der Waals surface area contributed by atoms with E-state index in [1.54, 1.807) is 18.2 Å². The Bertz CT molecular complexity index is 321. The third kappa shape index (κ3) is 2.83. The molecule has 4 heteroatoms. The highest BCUT2D eigenvalue weighted by atomic mass is 35.5. The molecule has 15 heavy (non-hydrogen) atoms. The zero-order valence-corrected chi connectivity index (χ0v) is 9.14. The SMILES string of the molecule is Cl.Oc1cccc(C2NCCCC2F)c1. The zero-order chi connectivity index (χ0) is 9.97. The first kappa shape index (κ1) is 12.3. The largest absolute Gasteiger partial charge is 0.508 e. The lowest BCUT2D eigenvalue weighted by molar-refractivity contribution is 0.201. The van der Waals surface area contributed by atoms with Crippen LogP contribution < -0.4 is 5.32 Å². The number of nitrogens with one attached hydrogen (secondary N) is 1. The summed E-state index contributed by atoms with van der Waals surface area (Å²) >= 11 is 0. The number of rotatable bonds is 1. The molecule has 0 bridgehead atoms. The van der Waals surface area contributed by atoms with E-state index in [1.807, 2.05) is 6.07 Å². The van der Waals surface area contributed by atoms with Gasteiger partial charge in [-0.15, -0.1) is 12.4 Å². The summed E-state index contributed by atoms with van der Waals surface area (Å²) in [6, 6.07) is 6.55. The first-order valence-electron chi connectivity index (χ1n) is 4.94. The van der Waals surface area contributed by atoms with Crippen LogP contribution in [0.25, 0.3) is 0 Å². The highest BCUT2D eigenvalue weighted by Gasteiger charge is 2.25. The summed E-state index contributed by atoms with van der Waals surface area (Å²) in [7, 11) is 0. The van der Waals surface area contributed by atoms with Gasteiger partial charge in [-0.1, -0.05) is 12.1 Å². The number of alkyl halides is 1. The van der Waals surface area contributed by atoms with Crippen molar-refractivity contribution in [2.24, 2.45) is 0 Å². The molecule has 0 saturated carbocycles. The van der Waals surface area contributed by atoms with Gasteiger partial charge in [-0.3, -0.25) is 0 Å². The van der Waals surface area contributed by atoms with E-state index in [9.17, 15) is 9.50 Å². The van der Waals surface area contributed by atoms with Gasteiger partial charge in [0.2, 0.25) is 0 Å². The van der Waals surface area contributed by atoms with Crippen molar-refractivity contribution in [3.63, 3.8) is 0 Å². The van der Waals surface area contributed by atoms with Crippen LogP contribution in [0.3, 0.4) is 0 Å². The maximum absolute atomic E-state index is 13.5. The van der Waals surface area contributed by atoms with Gasteiger partial charge in [0, 0.05) is 0 Å². The molecule has 1 aliphatic rings. The molecule has 0 amide bonds. The summed E-state index contributed by atoms with van der Waals surface area (Å²) in [6.45, 7) is 0.848. The first-order chi connectivity index (χ1) is 6.77. The lowest BCUT2D eigenvalue weighted by atomic mass is 9.96. The lowest BCUT2D eigenvalue weighted by Crippen LogP contribution is -2.35. The van der Waals surface area contributed by atoms with Gasteiger partial charge in [0.25, 0.3) is 0 Å². The monoisotopic (exact) mass is 231 g/mol. The van der Waals surface area contributed by atoms with Crippen molar-refractivity contribution in [1.29, 1.82) is 0 Å². The van der Waals surface area contributed by atoms with E-state index in [0.29, 0.717) is 6.42 Å². The Kier molecular flexibility index (Phi) is 4.36. The van der Waals surface area contributed by atoms with Crippen LogP contribution >= 0.6 is 12.4 Å². The second-order valence-corrected chi connectivity index (χ2v) is 3.69. The molecule has 1 aromatic rings. The van der Waals surface area contributed by atoms with Gasteiger partial charge < -0.3 is 10.4 Å². The molecule has 84 valence electrons.